The molecule has 0 aliphatic heterocycles. The number of rotatable bonds is 5. The van der Waals surface area contributed by atoms with Gasteiger partial charge in [0.05, 0.1) is 19.9 Å². The van der Waals surface area contributed by atoms with Crippen LogP contribution in [0.3, 0.4) is 0 Å². The molecule has 0 bridgehead atoms. The van der Waals surface area contributed by atoms with E-state index in [1.807, 2.05) is 6.07 Å². The van der Waals surface area contributed by atoms with Crippen LogP contribution in [0.5, 0.6) is 11.5 Å². The monoisotopic (exact) mass is 239 g/mol. The smallest absolute Gasteiger partial charge is 0.161 e. The van der Waals surface area contributed by atoms with Crippen LogP contribution in [-0.4, -0.2) is 32.2 Å². The van der Waals surface area contributed by atoms with Gasteiger partial charge in [0.2, 0.25) is 0 Å². The first-order chi connectivity index (χ1) is 8.17. The molecule has 0 saturated carbocycles. The van der Waals surface area contributed by atoms with Gasteiger partial charge in [-0.15, -0.1) is 0 Å². The minimum Gasteiger partial charge on any atom is -0.493 e. The van der Waals surface area contributed by atoms with Gasteiger partial charge in [-0.25, -0.2) is 0 Å². The Labute approximate surface area is 101 Å². The quantitative estimate of drug-likeness (QED) is 0.486. The van der Waals surface area contributed by atoms with Crippen molar-refractivity contribution in [3.8, 4) is 11.5 Å². The molecule has 1 atom stereocenters. The van der Waals surface area contributed by atoms with Gasteiger partial charge in [-0.1, -0.05) is 11.2 Å². The zero-order valence-corrected chi connectivity index (χ0v) is 10.4. The van der Waals surface area contributed by atoms with E-state index in [4.69, 9.17) is 19.4 Å². The van der Waals surface area contributed by atoms with Crippen LogP contribution in [0.25, 0.3) is 0 Å². The third-order valence-corrected chi connectivity index (χ3v) is 2.48. The highest BCUT2D eigenvalue weighted by molar-refractivity contribution is 5.87. The van der Waals surface area contributed by atoms with Gasteiger partial charge in [0.1, 0.15) is 6.10 Å². The lowest BCUT2D eigenvalue weighted by Gasteiger charge is -2.16. The van der Waals surface area contributed by atoms with E-state index < -0.39 is 6.10 Å². The standard InChI is InChI=1S/C12H17NO4/c1-8(13-14)12(17-4)9-5-6-10(15-2)11(7-9)16-3/h5-7,12,14H,1-4H3/b13-8+. The number of methoxy groups -OCH3 is 3. The largest absolute Gasteiger partial charge is 0.493 e. The molecule has 94 valence electrons. The normalized spacial score (nSPS) is 13.3. The molecule has 0 radical (unpaired) electrons. The second-order valence-electron chi connectivity index (χ2n) is 3.47. The van der Waals surface area contributed by atoms with E-state index in [2.05, 4.69) is 5.16 Å². The summed E-state index contributed by atoms with van der Waals surface area (Å²) in [6.07, 6.45) is -0.403. The van der Waals surface area contributed by atoms with E-state index in [9.17, 15) is 0 Å². The maximum atomic E-state index is 8.78. The number of nitrogens with zero attached hydrogens (tertiary/aromatic N) is 1. The number of hydrogen-bond donors (Lipinski definition) is 1. The average Bonchev–Trinajstić information content (AvgIpc) is 2.38. The minimum absolute atomic E-state index is 0.403. The molecular weight excluding hydrogens is 222 g/mol. The van der Waals surface area contributed by atoms with Crippen LogP contribution < -0.4 is 9.47 Å². The maximum absolute atomic E-state index is 8.78. The lowest BCUT2D eigenvalue weighted by molar-refractivity contribution is 0.152. The van der Waals surface area contributed by atoms with Gasteiger partial charge in [0.25, 0.3) is 0 Å². The SMILES string of the molecule is COc1ccc(C(OC)/C(C)=N/O)cc1OC. The van der Waals surface area contributed by atoms with Gasteiger partial charge in [-0.2, -0.15) is 0 Å². The van der Waals surface area contributed by atoms with Gasteiger partial charge in [0, 0.05) is 7.11 Å². The number of ether oxygens (including phenoxy) is 3. The molecule has 0 aliphatic rings. The van der Waals surface area contributed by atoms with E-state index in [0.29, 0.717) is 17.2 Å². The molecular formula is C12H17NO4. The van der Waals surface area contributed by atoms with E-state index in [1.165, 1.54) is 0 Å². The Hall–Kier alpha value is -1.75. The van der Waals surface area contributed by atoms with Crippen LogP contribution >= 0.6 is 0 Å². The molecule has 5 heteroatoms. The number of benzene rings is 1. The van der Waals surface area contributed by atoms with Crippen molar-refractivity contribution >= 4 is 5.71 Å². The maximum Gasteiger partial charge on any atom is 0.161 e. The van der Waals surface area contributed by atoms with Crippen LogP contribution in [0.1, 0.15) is 18.6 Å². The molecule has 1 unspecified atom stereocenters. The Morgan fingerprint density at radius 3 is 2.29 bits per heavy atom. The van der Waals surface area contributed by atoms with Gasteiger partial charge < -0.3 is 19.4 Å². The Balaban J connectivity index is 3.13. The van der Waals surface area contributed by atoms with Crippen LogP contribution in [0.4, 0.5) is 0 Å². The van der Waals surface area contributed by atoms with Crippen molar-refractivity contribution in [2.75, 3.05) is 21.3 Å². The van der Waals surface area contributed by atoms with E-state index in [0.717, 1.165) is 5.56 Å². The zero-order chi connectivity index (χ0) is 12.8. The Bertz CT molecular complexity index is 403. The molecule has 0 aliphatic carbocycles. The molecule has 1 aromatic rings. The third-order valence-electron chi connectivity index (χ3n) is 2.48. The minimum atomic E-state index is -0.403. The Kier molecular flexibility index (Phi) is 4.78. The molecule has 1 N–H and O–H groups in total. The summed E-state index contributed by atoms with van der Waals surface area (Å²) in [5, 5.41) is 11.9. The predicted molar refractivity (Wildman–Crippen MR) is 64.2 cm³/mol. The fourth-order valence-electron chi connectivity index (χ4n) is 1.62. The molecule has 0 aromatic heterocycles. The van der Waals surface area contributed by atoms with Crippen molar-refractivity contribution in [2.24, 2.45) is 5.16 Å². The first kappa shape index (κ1) is 13.3. The van der Waals surface area contributed by atoms with Crippen LogP contribution in [0.15, 0.2) is 23.4 Å². The average molecular weight is 239 g/mol. The molecule has 17 heavy (non-hydrogen) atoms. The second kappa shape index (κ2) is 6.10. The molecule has 1 rings (SSSR count). The van der Waals surface area contributed by atoms with Crippen molar-refractivity contribution in [3.63, 3.8) is 0 Å². The molecule has 0 heterocycles. The third kappa shape index (κ3) is 2.88. The van der Waals surface area contributed by atoms with Crippen molar-refractivity contribution in [1.82, 2.24) is 0 Å². The summed E-state index contributed by atoms with van der Waals surface area (Å²) in [4.78, 5) is 0. The van der Waals surface area contributed by atoms with E-state index in [-0.39, 0.29) is 0 Å². The second-order valence-corrected chi connectivity index (χ2v) is 3.47. The molecule has 0 fully saturated rings. The zero-order valence-electron chi connectivity index (χ0n) is 10.4. The highest BCUT2D eigenvalue weighted by atomic mass is 16.5. The molecule has 1 aromatic carbocycles. The summed E-state index contributed by atoms with van der Waals surface area (Å²) in [5.74, 6) is 1.25. The van der Waals surface area contributed by atoms with Crippen molar-refractivity contribution in [3.05, 3.63) is 23.8 Å². The summed E-state index contributed by atoms with van der Waals surface area (Å²) in [5.41, 5.74) is 1.31. The Morgan fingerprint density at radius 1 is 1.18 bits per heavy atom. The fraction of sp³-hybridized carbons (Fsp3) is 0.417. The lowest BCUT2D eigenvalue weighted by atomic mass is 10.1. The van der Waals surface area contributed by atoms with Crippen LogP contribution in [0, 0.1) is 0 Å². The summed E-state index contributed by atoms with van der Waals surface area (Å²) in [6, 6.07) is 5.41. The molecule has 0 saturated heterocycles. The number of hydrogen-bond acceptors (Lipinski definition) is 5. The first-order valence-electron chi connectivity index (χ1n) is 5.11. The highest BCUT2D eigenvalue weighted by Gasteiger charge is 2.16. The summed E-state index contributed by atoms with van der Waals surface area (Å²) >= 11 is 0. The molecule has 0 amide bonds. The summed E-state index contributed by atoms with van der Waals surface area (Å²) in [7, 11) is 4.69. The highest BCUT2D eigenvalue weighted by Crippen LogP contribution is 2.31. The predicted octanol–water partition coefficient (Wildman–Crippen LogP) is 2.24. The number of oxime groups is 1. The summed E-state index contributed by atoms with van der Waals surface area (Å²) < 4.78 is 15.6. The first-order valence-corrected chi connectivity index (χ1v) is 5.11. The van der Waals surface area contributed by atoms with E-state index in [1.54, 1.807) is 40.4 Å². The van der Waals surface area contributed by atoms with Gasteiger partial charge in [-0.05, 0) is 24.6 Å². The molecule has 0 spiro atoms. The van der Waals surface area contributed by atoms with Crippen molar-refractivity contribution in [1.29, 1.82) is 0 Å². The van der Waals surface area contributed by atoms with Crippen molar-refractivity contribution in [2.45, 2.75) is 13.0 Å². The van der Waals surface area contributed by atoms with Gasteiger partial charge in [-0.3, -0.25) is 0 Å². The van der Waals surface area contributed by atoms with Crippen molar-refractivity contribution < 1.29 is 19.4 Å². The lowest BCUT2D eigenvalue weighted by Crippen LogP contribution is -2.11. The van der Waals surface area contributed by atoms with Crippen LogP contribution in [0.2, 0.25) is 0 Å². The fourth-order valence-corrected chi connectivity index (χ4v) is 1.62. The van der Waals surface area contributed by atoms with Gasteiger partial charge >= 0.3 is 0 Å². The Morgan fingerprint density at radius 2 is 1.82 bits per heavy atom. The topological polar surface area (TPSA) is 60.3 Å². The van der Waals surface area contributed by atoms with Crippen LogP contribution in [-0.2, 0) is 4.74 Å². The van der Waals surface area contributed by atoms with Gasteiger partial charge in [0.15, 0.2) is 11.5 Å². The summed E-state index contributed by atoms with van der Waals surface area (Å²) in [6.45, 7) is 1.69. The molecule has 5 nitrogen and oxygen atoms in total. The van der Waals surface area contributed by atoms with E-state index >= 15 is 0 Å².